The average Bonchev–Trinajstić information content (AvgIpc) is 3.21. The largest absolute Gasteiger partial charge is 0.356 e. The summed E-state index contributed by atoms with van der Waals surface area (Å²) in [6.07, 6.45) is 1.17. The van der Waals surface area contributed by atoms with Gasteiger partial charge in [0.05, 0.1) is 12.5 Å². The van der Waals surface area contributed by atoms with E-state index in [2.05, 4.69) is 30.7 Å². The second-order valence-corrected chi connectivity index (χ2v) is 11.5. The van der Waals surface area contributed by atoms with E-state index >= 15 is 0 Å². The first kappa shape index (κ1) is 26.2. The first-order valence-electron chi connectivity index (χ1n) is 13.8. The van der Waals surface area contributed by atoms with Crippen molar-refractivity contribution in [3.8, 4) is 0 Å². The van der Waals surface area contributed by atoms with Crippen LogP contribution in [-0.2, 0) is 22.7 Å². The lowest BCUT2D eigenvalue weighted by atomic mass is 9.75. The molecule has 3 fully saturated rings. The summed E-state index contributed by atoms with van der Waals surface area (Å²) >= 11 is 0. The minimum Gasteiger partial charge on any atom is -0.356 e. The number of rotatable bonds is 7. The molecule has 0 aromatic heterocycles. The summed E-state index contributed by atoms with van der Waals surface area (Å²) in [5.74, 6) is -0.0675. The van der Waals surface area contributed by atoms with Gasteiger partial charge in [-0.1, -0.05) is 73.5 Å². The molecule has 0 radical (unpaired) electrons. The van der Waals surface area contributed by atoms with Crippen molar-refractivity contribution < 1.29 is 14.4 Å². The number of nitrogens with one attached hydrogen (secondary N) is 2. The SMILES string of the molecule is Cc1ccc(CN2C(=O)C3CCC(C(=O)NCC(C)C)CC3N3C(=O)N(Cc4cccc(C)c4)NC23)cc1. The van der Waals surface area contributed by atoms with Crippen molar-refractivity contribution in [2.45, 2.75) is 72.4 Å². The van der Waals surface area contributed by atoms with E-state index in [4.69, 9.17) is 0 Å². The van der Waals surface area contributed by atoms with E-state index in [0.29, 0.717) is 44.8 Å². The average molecular weight is 518 g/mol. The zero-order valence-electron chi connectivity index (χ0n) is 22.8. The van der Waals surface area contributed by atoms with Crippen LogP contribution in [0.25, 0.3) is 0 Å². The van der Waals surface area contributed by atoms with Crippen LogP contribution in [0.5, 0.6) is 0 Å². The summed E-state index contributed by atoms with van der Waals surface area (Å²) in [6, 6.07) is 15.8. The van der Waals surface area contributed by atoms with E-state index in [1.54, 1.807) is 9.91 Å². The van der Waals surface area contributed by atoms with Gasteiger partial charge >= 0.3 is 6.03 Å². The van der Waals surface area contributed by atoms with Gasteiger partial charge in [-0.05, 0) is 50.2 Å². The van der Waals surface area contributed by atoms with Gasteiger partial charge in [-0.25, -0.2) is 4.79 Å². The fraction of sp³-hybridized carbons (Fsp3) is 0.500. The maximum atomic E-state index is 13.9. The van der Waals surface area contributed by atoms with Crippen LogP contribution in [0, 0.1) is 31.6 Å². The van der Waals surface area contributed by atoms with Gasteiger partial charge in [0, 0.05) is 25.0 Å². The van der Waals surface area contributed by atoms with Crippen molar-refractivity contribution in [2.75, 3.05) is 6.54 Å². The van der Waals surface area contributed by atoms with Gasteiger partial charge in [0.15, 0.2) is 6.29 Å². The minimum absolute atomic E-state index is 0.0273. The van der Waals surface area contributed by atoms with Crippen molar-refractivity contribution in [2.24, 2.45) is 17.8 Å². The molecule has 2 saturated heterocycles. The number of aryl methyl sites for hydroxylation is 2. The maximum Gasteiger partial charge on any atom is 0.337 e. The highest BCUT2D eigenvalue weighted by atomic mass is 16.2. The van der Waals surface area contributed by atoms with E-state index in [9.17, 15) is 14.4 Å². The number of carbonyl (C=O) groups is 3. The zero-order valence-corrected chi connectivity index (χ0v) is 22.8. The number of fused-ring (bicyclic) bond motifs is 3. The van der Waals surface area contributed by atoms with E-state index in [0.717, 1.165) is 22.3 Å². The number of urea groups is 1. The van der Waals surface area contributed by atoms with Gasteiger partial charge in [0.1, 0.15) is 0 Å². The Morgan fingerprint density at radius 2 is 1.76 bits per heavy atom. The minimum atomic E-state index is -0.583. The molecule has 0 spiro atoms. The van der Waals surface area contributed by atoms with Crippen molar-refractivity contribution in [1.82, 2.24) is 25.6 Å². The summed E-state index contributed by atoms with van der Waals surface area (Å²) in [5.41, 5.74) is 7.69. The van der Waals surface area contributed by atoms with Gasteiger partial charge in [0.2, 0.25) is 11.8 Å². The molecule has 2 aromatic rings. The van der Waals surface area contributed by atoms with Gasteiger partial charge in [-0.3, -0.25) is 19.5 Å². The molecule has 3 aliphatic rings. The fourth-order valence-electron chi connectivity index (χ4n) is 5.97. The van der Waals surface area contributed by atoms with Crippen LogP contribution in [0.1, 0.15) is 55.4 Å². The number of carbonyl (C=O) groups excluding carboxylic acids is 3. The smallest absolute Gasteiger partial charge is 0.337 e. The Morgan fingerprint density at radius 3 is 2.47 bits per heavy atom. The zero-order chi connectivity index (χ0) is 27.0. The van der Waals surface area contributed by atoms with Crippen LogP contribution in [0.4, 0.5) is 4.79 Å². The second-order valence-electron chi connectivity index (χ2n) is 11.5. The first-order chi connectivity index (χ1) is 18.2. The summed E-state index contributed by atoms with van der Waals surface area (Å²) in [7, 11) is 0. The lowest BCUT2D eigenvalue weighted by Gasteiger charge is -2.49. The molecule has 5 rings (SSSR count). The lowest BCUT2D eigenvalue weighted by molar-refractivity contribution is -0.159. The third-order valence-corrected chi connectivity index (χ3v) is 8.01. The molecule has 2 N–H and O–H groups in total. The van der Waals surface area contributed by atoms with Crippen molar-refractivity contribution in [3.63, 3.8) is 0 Å². The molecule has 38 heavy (non-hydrogen) atoms. The monoisotopic (exact) mass is 517 g/mol. The molecule has 1 saturated carbocycles. The quantitative estimate of drug-likeness (QED) is 0.583. The first-order valence-corrected chi connectivity index (χ1v) is 13.8. The molecular formula is C30H39N5O3. The summed E-state index contributed by atoms with van der Waals surface area (Å²) in [6.45, 7) is 9.66. The fourth-order valence-corrected chi connectivity index (χ4v) is 5.97. The molecule has 0 bridgehead atoms. The van der Waals surface area contributed by atoms with E-state index in [1.807, 2.05) is 61.2 Å². The van der Waals surface area contributed by atoms with Crippen LogP contribution in [-0.4, -0.2) is 51.5 Å². The topological polar surface area (TPSA) is 85.0 Å². The van der Waals surface area contributed by atoms with Crippen molar-refractivity contribution in [3.05, 3.63) is 70.8 Å². The van der Waals surface area contributed by atoms with E-state index in [-0.39, 0.29) is 35.7 Å². The van der Waals surface area contributed by atoms with E-state index in [1.165, 1.54) is 0 Å². The predicted octanol–water partition coefficient (Wildman–Crippen LogP) is 3.93. The molecule has 8 nitrogen and oxygen atoms in total. The third kappa shape index (κ3) is 5.27. The van der Waals surface area contributed by atoms with Gasteiger partial charge < -0.3 is 10.2 Å². The Kier molecular flexibility index (Phi) is 7.43. The standard InChI is InChI=1S/C30H39N5O3/c1-19(2)16-31-27(36)24-12-13-25-26(15-24)35-29(33(28(25)37)17-22-10-8-20(3)9-11-22)32-34(30(35)38)18-23-7-5-6-21(4)14-23/h5-11,14,19,24-26,29,32H,12-13,15-18H2,1-4H3,(H,31,36). The van der Waals surface area contributed by atoms with E-state index < -0.39 is 6.29 Å². The lowest BCUT2D eigenvalue weighted by Crippen LogP contribution is -2.66. The maximum absolute atomic E-state index is 13.9. The number of amides is 4. The van der Waals surface area contributed by atoms with Crippen LogP contribution in [0.2, 0.25) is 0 Å². The Hall–Kier alpha value is -3.39. The van der Waals surface area contributed by atoms with Crippen LogP contribution < -0.4 is 10.7 Å². The molecule has 202 valence electrons. The Bertz CT molecular complexity index is 1200. The third-order valence-electron chi connectivity index (χ3n) is 8.01. The Labute approximate surface area is 225 Å². The predicted molar refractivity (Wildman–Crippen MR) is 145 cm³/mol. The van der Waals surface area contributed by atoms with Crippen molar-refractivity contribution in [1.29, 1.82) is 0 Å². The van der Waals surface area contributed by atoms with Crippen LogP contribution in [0.3, 0.4) is 0 Å². The molecule has 1 aliphatic carbocycles. The molecule has 4 unspecified atom stereocenters. The van der Waals surface area contributed by atoms with Gasteiger partial charge in [0.25, 0.3) is 0 Å². The normalized spacial score (nSPS) is 25.0. The highest BCUT2D eigenvalue weighted by Gasteiger charge is 2.56. The molecule has 4 atom stereocenters. The van der Waals surface area contributed by atoms with Crippen LogP contribution >= 0.6 is 0 Å². The highest BCUT2D eigenvalue weighted by molar-refractivity contribution is 5.87. The molecule has 2 aliphatic heterocycles. The molecule has 4 amide bonds. The van der Waals surface area contributed by atoms with Gasteiger partial charge in [-0.15, -0.1) is 0 Å². The van der Waals surface area contributed by atoms with Gasteiger partial charge in [-0.2, -0.15) is 5.43 Å². The number of benzene rings is 2. The summed E-state index contributed by atoms with van der Waals surface area (Å²) in [4.78, 5) is 44.4. The highest BCUT2D eigenvalue weighted by Crippen LogP contribution is 2.41. The number of hydrogen-bond acceptors (Lipinski definition) is 4. The molecule has 2 heterocycles. The van der Waals surface area contributed by atoms with Crippen molar-refractivity contribution >= 4 is 17.8 Å². The summed E-state index contributed by atoms with van der Waals surface area (Å²) < 4.78 is 0. The molecule has 2 aromatic carbocycles. The Morgan fingerprint density at radius 1 is 1.00 bits per heavy atom. The number of nitrogens with zero attached hydrogens (tertiary/aromatic N) is 3. The summed E-state index contributed by atoms with van der Waals surface area (Å²) in [5, 5.41) is 4.68. The second kappa shape index (κ2) is 10.8. The molecule has 8 heteroatoms. The number of hydrogen-bond donors (Lipinski definition) is 2. The number of hydrazine groups is 1. The molecular weight excluding hydrogens is 478 g/mol. The van der Waals surface area contributed by atoms with Crippen LogP contribution in [0.15, 0.2) is 48.5 Å². The Balaban J connectivity index is 1.42.